The van der Waals surface area contributed by atoms with Crippen LogP contribution in [-0.2, 0) is 4.79 Å². The third-order valence-electron chi connectivity index (χ3n) is 5.37. The van der Waals surface area contributed by atoms with Gasteiger partial charge in [-0.3, -0.25) is 4.79 Å². The number of tetrazole rings is 1. The van der Waals surface area contributed by atoms with Crippen LogP contribution in [0, 0.1) is 0 Å². The Morgan fingerprint density at radius 1 is 1.20 bits per heavy atom. The highest BCUT2D eigenvalue weighted by Crippen LogP contribution is 2.41. The number of allylic oxidation sites excluding steroid dienone is 1. The Morgan fingerprint density at radius 3 is 2.89 bits per heavy atom. The fourth-order valence-corrected chi connectivity index (χ4v) is 3.51. The molecule has 35 heavy (non-hydrogen) atoms. The van der Waals surface area contributed by atoms with Gasteiger partial charge in [-0.15, -0.1) is 10.2 Å². The molecule has 3 aromatic rings. The van der Waals surface area contributed by atoms with Gasteiger partial charge >= 0.3 is 0 Å². The molecule has 1 aromatic heterocycles. The predicted octanol–water partition coefficient (Wildman–Crippen LogP) is 5.23. The van der Waals surface area contributed by atoms with Crippen molar-refractivity contribution in [1.82, 2.24) is 20.6 Å². The van der Waals surface area contributed by atoms with Gasteiger partial charge in [-0.05, 0) is 54.8 Å². The van der Waals surface area contributed by atoms with Gasteiger partial charge < -0.3 is 19.5 Å². The molecule has 0 aliphatic carbocycles. The maximum Gasteiger partial charge on any atom is 0.248 e. The van der Waals surface area contributed by atoms with Crippen molar-refractivity contribution < 1.29 is 19.0 Å². The molecule has 0 bridgehead atoms. The number of hydrogen-bond acceptors (Lipinski definition) is 7. The Hall–Kier alpha value is -4.14. The van der Waals surface area contributed by atoms with Crippen molar-refractivity contribution in [1.29, 1.82) is 0 Å². The molecule has 1 amide bonds. The van der Waals surface area contributed by atoms with Crippen molar-refractivity contribution in [3.63, 3.8) is 0 Å². The Kier molecular flexibility index (Phi) is 8.47. The number of rotatable bonds is 11. The second-order valence-electron chi connectivity index (χ2n) is 8.05. The number of benzene rings is 2. The minimum absolute atomic E-state index is 0.248. The highest BCUT2D eigenvalue weighted by Gasteiger charge is 2.28. The van der Waals surface area contributed by atoms with Gasteiger partial charge in [0.15, 0.2) is 17.6 Å². The van der Waals surface area contributed by atoms with Gasteiger partial charge in [-0.2, -0.15) is 5.21 Å². The van der Waals surface area contributed by atoms with E-state index in [1.807, 2.05) is 24.3 Å². The van der Waals surface area contributed by atoms with E-state index in [2.05, 4.69) is 38.9 Å². The fourth-order valence-electron chi connectivity index (χ4n) is 3.51. The molecule has 1 aliphatic rings. The standard InChI is InChI=1S/C26H29N5O4/c1-2-3-4-5-6-7-17-33-20-14-11-19(12-15-20)13-16-24(32)27-21-9-8-10-22-25(21)35-23(18-34-22)26-28-30-31-29-26/h7-17,23H,2-6,18H2,1H3,(H,27,32)(H,28,29,30,31). The summed E-state index contributed by atoms with van der Waals surface area (Å²) in [7, 11) is 0. The van der Waals surface area contributed by atoms with Crippen LogP contribution in [0.4, 0.5) is 5.69 Å². The number of aromatic amines is 1. The molecule has 9 nitrogen and oxygen atoms in total. The van der Waals surface area contributed by atoms with E-state index in [1.54, 1.807) is 30.5 Å². The number of carbonyl (C=O) groups excluding carboxylic acids is 1. The summed E-state index contributed by atoms with van der Waals surface area (Å²) < 4.78 is 17.4. The summed E-state index contributed by atoms with van der Waals surface area (Å²) in [6.45, 7) is 2.46. The summed E-state index contributed by atoms with van der Waals surface area (Å²) in [5.74, 6) is 1.80. The van der Waals surface area contributed by atoms with Crippen LogP contribution in [0.2, 0.25) is 0 Å². The van der Waals surface area contributed by atoms with Crippen molar-refractivity contribution in [2.75, 3.05) is 11.9 Å². The van der Waals surface area contributed by atoms with Gasteiger partial charge in [0.25, 0.3) is 0 Å². The van der Waals surface area contributed by atoms with E-state index in [0.717, 1.165) is 17.7 Å². The number of aromatic nitrogens is 4. The lowest BCUT2D eigenvalue weighted by molar-refractivity contribution is -0.111. The van der Waals surface area contributed by atoms with Gasteiger partial charge in [0.05, 0.1) is 11.9 Å². The van der Waals surface area contributed by atoms with E-state index < -0.39 is 6.10 Å². The number of H-pyrrole nitrogens is 1. The van der Waals surface area contributed by atoms with E-state index in [-0.39, 0.29) is 12.5 Å². The molecular weight excluding hydrogens is 446 g/mol. The molecule has 0 saturated carbocycles. The van der Waals surface area contributed by atoms with Gasteiger partial charge in [0, 0.05) is 6.08 Å². The first kappa shape index (κ1) is 24.0. The molecule has 2 heterocycles. The lowest BCUT2D eigenvalue weighted by Crippen LogP contribution is -2.24. The molecule has 0 saturated heterocycles. The third-order valence-corrected chi connectivity index (χ3v) is 5.37. The zero-order valence-electron chi connectivity index (χ0n) is 19.6. The quantitative estimate of drug-likeness (QED) is 0.222. The summed E-state index contributed by atoms with van der Waals surface area (Å²) in [6, 6.07) is 12.8. The van der Waals surface area contributed by atoms with Crippen LogP contribution >= 0.6 is 0 Å². The Balaban J connectivity index is 1.29. The van der Waals surface area contributed by atoms with Crippen molar-refractivity contribution in [3.8, 4) is 17.2 Å². The van der Waals surface area contributed by atoms with Gasteiger partial charge in [-0.1, -0.05) is 49.6 Å². The van der Waals surface area contributed by atoms with Crippen LogP contribution in [0.3, 0.4) is 0 Å². The molecule has 0 fully saturated rings. The molecule has 0 radical (unpaired) electrons. The molecular formula is C26H29N5O4. The summed E-state index contributed by atoms with van der Waals surface area (Å²) in [5.41, 5.74) is 1.37. The lowest BCUT2D eigenvalue weighted by atomic mass is 10.1. The zero-order chi connectivity index (χ0) is 24.3. The van der Waals surface area contributed by atoms with Crippen molar-refractivity contribution in [2.45, 2.75) is 45.1 Å². The Labute approximate surface area is 204 Å². The van der Waals surface area contributed by atoms with Crippen LogP contribution < -0.4 is 19.5 Å². The van der Waals surface area contributed by atoms with E-state index in [1.165, 1.54) is 31.8 Å². The molecule has 182 valence electrons. The molecule has 4 rings (SSSR count). The average Bonchev–Trinajstić information content (AvgIpc) is 3.43. The monoisotopic (exact) mass is 475 g/mol. The van der Waals surface area contributed by atoms with Crippen molar-refractivity contribution in [3.05, 3.63) is 72.3 Å². The number of carbonyl (C=O) groups is 1. The second kappa shape index (κ2) is 12.4. The first-order chi connectivity index (χ1) is 17.2. The Bertz CT molecular complexity index is 1140. The smallest absolute Gasteiger partial charge is 0.248 e. The average molecular weight is 476 g/mol. The molecule has 1 atom stereocenters. The number of anilines is 1. The largest absolute Gasteiger partial charge is 0.485 e. The second-order valence-corrected chi connectivity index (χ2v) is 8.05. The summed E-state index contributed by atoms with van der Waals surface area (Å²) >= 11 is 0. The summed E-state index contributed by atoms with van der Waals surface area (Å²) in [4.78, 5) is 12.5. The van der Waals surface area contributed by atoms with Crippen LogP contribution in [0.1, 0.15) is 56.5 Å². The van der Waals surface area contributed by atoms with Gasteiger partial charge in [-0.25, -0.2) is 0 Å². The molecule has 2 N–H and O–H groups in total. The first-order valence-electron chi connectivity index (χ1n) is 11.8. The minimum Gasteiger partial charge on any atom is -0.485 e. The number of hydrogen-bond donors (Lipinski definition) is 2. The number of ether oxygens (including phenoxy) is 3. The minimum atomic E-state index is -0.522. The number of nitrogens with zero attached hydrogens (tertiary/aromatic N) is 3. The highest BCUT2D eigenvalue weighted by atomic mass is 16.6. The number of para-hydroxylation sites is 1. The number of nitrogens with one attached hydrogen (secondary N) is 2. The van der Waals surface area contributed by atoms with Crippen LogP contribution in [-0.4, -0.2) is 33.1 Å². The van der Waals surface area contributed by atoms with Crippen molar-refractivity contribution >= 4 is 17.7 Å². The van der Waals surface area contributed by atoms with E-state index in [9.17, 15) is 4.79 Å². The molecule has 9 heteroatoms. The van der Waals surface area contributed by atoms with Gasteiger partial charge in [0.1, 0.15) is 12.4 Å². The van der Waals surface area contributed by atoms with E-state index >= 15 is 0 Å². The molecule has 2 aromatic carbocycles. The number of amides is 1. The summed E-state index contributed by atoms with van der Waals surface area (Å²) in [5, 5.41) is 16.7. The van der Waals surface area contributed by atoms with Crippen LogP contribution in [0.25, 0.3) is 6.08 Å². The van der Waals surface area contributed by atoms with Crippen LogP contribution in [0.5, 0.6) is 17.2 Å². The van der Waals surface area contributed by atoms with Gasteiger partial charge in [0.2, 0.25) is 11.7 Å². The lowest BCUT2D eigenvalue weighted by Gasteiger charge is -2.26. The molecule has 1 unspecified atom stereocenters. The molecule has 0 spiro atoms. The van der Waals surface area contributed by atoms with Crippen molar-refractivity contribution in [2.24, 2.45) is 0 Å². The Morgan fingerprint density at radius 2 is 2.09 bits per heavy atom. The zero-order valence-corrected chi connectivity index (χ0v) is 19.6. The highest BCUT2D eigenvalue weighted by molar-refractivity contribution is 6.03. The fraction of sp³-hybridized carbons (Fsp3) is 0.308. The number of fused-ring (bicyclic) bond motifs is 1. The van der Waals surface area contributed by atoms with Crippen LogP contribution in [0.15, 0.2) is 60.9 Å². The topological polar surface area (TPSA) is 111 Å². The van der Waals surface area contributed by atoms with E-state index in [0.29, 0.717) is 23.0 Å². The SMILES string of the molecule is CCCCCCC=COc1ccc(C=CC(=O)Nc2cccc3c2OC(c2nn[nH]n2)CO3)cc1. The van der Waals surface area contributed by atoms with E-state index in [4.69, 9.17) is 14.2 Å². The maximum atomic E-state index is 12.5. The summed E-state index contributed by atoms with van der Waals surface area (Å²) in [6.07, 6.45) is 12.4. The molecule has 1 aliphatic heterocycles. The normalized spacial score (nSPS) is 14.9. The third kappa shape index (κ3) is 6.92. The number of unbranched alkanes of at least 4 members (excludes halogenated alkanes) is 4. The predicted molar refractivity (Wildman–Crippen MR) is 132 cm³/mol. The first-order valence-corrected chi connectivity index (χ1v) is 11.8. The maximum absolute atomic E-state index is 12.5.